The maximum atomic E-state index is 13.1. The SMILES string of the molecule is O=C(Nc1nccs1)C(CC1CCOCC1)c1ccc(S(=O)(=O)Cc2ncon2)cc1. The van der Waals surface area contributed by atoms with Crippen molar-refractivity contribution < 1.29 is 22.5 Å². The predicted octanol–water partition coefficient (Wildman–Crippen LogP) is 3.04. The van der Waals surface area contributed by atoms with E-state index in [1.165, 1.54) is 23.5 Å². The molecule has 9 nitrogen and oxygen atoms in total. The second kappa shape index (κ2) is 9.67. The number of rotatable bonds is 8. The molecule has 0 bridgehead atoms. The van der Waals surface area contributed by atoms with Crippen LogP contribution in [0.15, 0.2) is 51.7 Å². The largest absolute Gasteiger partial charge is 0.381 e. The topological polar surface area (TPSA) is 124 Å². The highest BCUT2D eigenvalue weighted by atomic mass is 32.2. The molecule has 11 heteroatoms. The lowest BCUT2D eigenvalue weighted by Crippen LogP contribution is -2.26. The molecule has 1 atom stereocenters. The molecule has 1 fully saturated rings. The molecule has 1 unspecified atom stereocenters. The van der Waals surface area contributed by atoms with E-state index in [-0.39, 0.29) is 22.4 Å². The molecule has 3 aromatic rings. The summed E-state index contributed by atoms with van der Waals surface area (Å²) in [7, 11) is -3.62. The average Bonchev–Trinajstić information content (AvgIpc) is 3.47. The zero-order valence-electron chi connectivity index (χ0n) is 16.6. The van der Waals surface area contributed by atoms with Crippen LogP contribution >= 0.6 is 11.3 Å². The molecule has 4 rings (SSSR count). The van der Waals surface area contributed by atoms with Gasteiger partial charge in [0.15, 0.2) is 20.8 Å². The molecule has 1 saturated heterocycles. The Balaban J connectivity index is 1.54. The Bertz CT molecular complexity index is 1080. The Hall–Kier alpha value is -2.63. The molecular weight excluding hydrogens is 440 g/mol. The third-order valence-electron chi connectivity index (χ3n) is 5.26. The van der Waals surface area contributed by atoms with E-state index in [2.05, 4.69) is 25.0 Å². The van der Waals surface area contributed by atoms with Gasteiger partial charge >= 0.3 is 0 Å². The van der Waals surface area contributed by atoms with Gasteiger partial charge in [0.1, 0.15) is 5.75 Å². The van der Waals surface area contributed by atoms with Crippen molar-refractivity contribution in [2.45, 2.75) is 35.8 Å². The number of amides is 1. The van der Waals surface area contributed by atoms with Gasteiger partial charge in [0, 0.05) is 24.8 Å². The number of hydrogen-bond acceptors (Lipinski definition) is 9. The number of sulfone groups is 1. The minimum absolute atomic E-state index is 0.101. The van der Waals surface area contributed by atoms with Crippen molar-refractivity contribution in [3.05, 3.63) is 53.6 Å². The highest BCUT2D eigenvalue weighted by Crippen LogP contribution is 2.31. The average molecular weight is 463 g/mol. The van der Waals surface area contributed by atoms with Crippen molar-refractivity contribution in [3.8, 4) is 0 Å². The number of hydrogen-bond donors (Lipinski definition) is 1. The van der Waals surface area contributed by atoms with Crippen molar-refractivity contribution in [2.75, 3.05) is 18.5 Å². The summed E-state index contributed by atoms with van der Waals surface area (Å²) in [5, 5.41) is 8.78. The lowest BCUT2D eigenvalue weighted by Gasteiger charge is -2.26. The molecular formula is C20H22N4O5S2. The van der Waals surface area contributed by atoms with E-state index >= 15 is 0 Å². The molecule has 0 saturated carbocycles. The maximum absolute atomic E-state index is 13.1. The Morgan fingerprint density at radius 2 is 1.97 bits per heavy atom. The first-order chi connectivity index (χ1) is 15.0. The standard InChI is InChI=1S/C20H22N4O5S2/c25-19(23-20-21-7-10-30-20)17(11-14-5-8-28-9-6-14)15-1-3-16(4-2-15)31(26,27)12-18-22-13-29-24-18/h1-4,7,10,13-14,17H,5-6,8-9,11-12H2,(H,21,23,25). The summed E-state index contributed by atoms with van der Waals surface area (Å²) in [5.41, 5.74) is 0.763. The van der Waals surface area contributed by atoms with Crippen LogP contribution in [0.4, 0.5) is 5.13 Å². The zero-order valence-corrected chi connectivity index (χ0v) is 18.3. The number of benzene rings is 1. The molecule has 3 heterocycles. The van der Waals surface area contributed by atoms with Gasteiger partial charge in [-0.15, -0.1) is 11.3 Å². The van der Waals surface area contributed by atoms with Gasteiger partial charge in [-0.25, -0.2) is 13.4 Å². The molecule has 1 aliphatic heterocycles. The van der Waals surface area contributed by atoms with E-state index < -0.39 is 15.8 Å². The van der Waals surface area contributed by atoms with Crippen molar-refractivity contribution in [1.82, 2.24) is 15.1 Å². The van der Waals surface area contributed by atoms with Gasteiger partial charge in [0.2, 0.25) is 12.3 Å². The molecule has 2 aromatic heterocycles. The van der Waals surface area contributed by atoms with Gasteiger partial charge in [-0.3, -0.25) is 4.79 Å². The van der Waals surface area contributed by atoms with Crippen LogP contribution in [0.2, 0.25) is 0 Å². The van der Waals surface area contributed by atoms with Crippen molar-refractivity contribution >= 4 is 32.2 Å². The molecule has 1 aliphatic rings. The van der Waals surface area contributed by atoms with Gasteiger partial charge in [0.05, 0.1) is 10.8 Å². The fourth-order valence-electron chi connectivity index (χ4n) is 3.60. The summed E-state index contributed by atoms with van der Waals surface area (Å²) in [6, 6.07) is 6.46. The van der Waals surface area contributed by atoms with Gasteiger partial charge in [0.25, 0.3) is 0 Å². The molecule has 0 aliphatic carbocycles. The van der Waals surface area contributed by atoms with Gasteiger partial charge in [-0.05, 0) is 42.9 Å². The third kappa shape index (κ3) is 5.54. The molecule has 0 spiro atoms. The van der Waals surface area contributed by atoms with Crippen LogP contribution < -0.4 is 5.32 Å². The second-order valence-electron chi connectivity index (χ2n) is 7.35. The quantitative estimate of drug-likeness (QED) is 0.542. The Morgan fingerprint density at radius 1 is 1.19 bits per heavy atom. The predicted molar refractivity (Wildman–Crippen MR) is 113 cm³/mol. The lowest BCUT2D eigenvalue weighted by molar-refractivity contribution is -0.118. The van der Waals surface area contributed by atoms with Gasteiger partial charge < -0.3 is 14.6 Å². The summed E-state index contributed by atoms with van der Waals surface area (Å²) in [5.74, 6) is -0.449. The van der Waals surface area contributed by atoms with Crippen molar-refractivity contribution in [3.63, 3.8) is 0 Å². The first-order valence-corrected chi connectivity index (χ1v) is 12.4. The normalized spacial score (nSPS) is 16.1. The number of carbonyl (C=O) groups excluding carboxylic acids is 1. The lowest BCUT2D eigenvalue weighted by atomic mass is 9.84. The monoisotopic (exact) mass is 462 g/mol. The van der Waals surface area contributed by atoms with Crippen molar-refractivity contribution in [2.24, 2.45) is 5.92 Å². The molecule has 164 valence electrons. The van der Waals surface area contributed by atoms with E-state index in [1.807, 2.05) is 0 Å². The summed E-state index contributed by atoms with van der Waals surface area (Å²) >= 11 is 1.36. The molecule has 31 heavy (non-hydrogen) atoms. The fourth-order valence-corrected chi connectivity index (χ4v) is 5.32. The Morgan fingerprint density at radius 3 is 2.61 bits per heavy atom. The minimum Gasteiger partial charge on any atom is -0.381 e. The van der Waals surface area contributed by atoms with Crippen LogP contribution in [0.3, 0.4) is 0 Å². The van der Waals surface area contributed by atoms with Crippen LogP contribution in [-0.2, 0) is 25.1 Å². The van der Waals surface area contributed by atoms with Crippen LogP contribution in [0.1, 0.15) is 36.6 Å². The number of anilines is 1. The molecule has 0 radical (unpaired) electrons. The summed E-state index contributed by atoms with van der Waals surface area (Å²) in [4.78, 5) is 21.1. The van der Waals surface area contributed by atoms with Crippen LogP contribution in [-0.4, -0.2) is 42.7 Å². The molecule has 1 aromatic carbocycles. The van der Waals surface area contributed by atoms with E-state index in [0.717, 1.165) is 24.8 Å². The van der Waals surface area contributed by atoms with Crippen LogP contribution in [0, 0.1) is 5.92 Å². The fraction of sp³-hybridized carbons (Fsp3) is 0.400. The maximum Gasteiger partial charge on any atom is 0.233 e. The third-order valence-corrected chi connectivity index (χ3v) is 7.57. The van der Waals surface area contributed by atoms with E-state index in [1.54, 1.807) is 23.7 Å². The Labute approximate surface area is 183 Å². The zero-order chi connectivity index (χ0) is 21.7. The number of nitrogens with one attached hydrogen (secondary N) is 1. The highest BCUT2D eigenvalue weighted by Gasteiger charge is 2.27. The first kappa shape index (κ1) is 21.6. The summed E-state index contributed by atoms with van der Waals surface area (Å²) < 4.78 is 35.3. The smallest absolute Gasteiger partial charge is 0.233 e. The van der Waals surface area contributed by atoms with E-state index in [4.69, 9.17) is 4.74 Å². The first-order valence-electron chi connectivity index (χ1n) is 9.87. The second-order valence-corrected chi connectivity index (χ2v) is 10.2. The van der Waals surface area contributed by atoms with Gasteiger partial charge in [-0.2, -0.15) is 4.98 Å². The summed E-state index contributed by atoms with van der Waals surface area (Å²) in [6.07, 6.45) is 5.19. The molecule has 1 amide bonds. The number of aromatic nitrogens is 3. The van der Waals surface area contributed by atoms with Crippen LogP contribution in [0.5, 0.6) is 0 Å². The number of thiazole rings is 1. The van der Waals surface area contributed by atoms with Gasteiger partial charge in [-0.1, -0.05) is 17.3 Å². The van der Waals surface area contributed by atoms with E-state index in [0.29, 0.717) is 30.7 Å². The molecule has 1 N–H and O–H groups in total. The number of nitrogens with zero attached hydrogens (tertiary/aromatic N) is 3. The number of carbonyl (C=O) groups is 1. The van der Waals surface area contributed by atoms with Crippen molar-refractivity contribution in [1.29, 1.82) is 0 Å². The van der Waals surface area contributed by atoms with E-state index in [9.17, 15) is 13.2 Å². The van der Waals surface area contributed by atoms with Crippen LogP contribution in [0.25, 0.3) is 0 Å². The number of ether oxygens (including phenoxy) is 1. The summed E-state index contributed by atoms with van der Waals surface area (Å²) in [6.45, 7) is 1.39. The Kier molecular flexibility index (Phi) is 6.73. The highest BCUT2D eigenvalue weighted by molar-refractivity contribution is 7.90. The minimum atomic E-state index is -3.62.